The molecule has 0 spiro atoms. The maximum absolute atomic E-state index is 11.7. The van der Waals surface area contributed by atoms with Crippen molar-refractivity contribution in [3.63, 3.8) is 0 Å². The van der Waals surface area contributed by atoms with Gasteiger partial charge in [0.05, 0.1) is 26.3 Å². The Balaban J connectivity index is 2.04. The molecule has 0 aliphatic heterocycles. The molecule has 0 radical (unpaired) electrons. The van der Waals surface area contributed by atoms with Crippen molar-refractivity contribution in [1.29, 1.82) is 0 Å². The fraction of sp³-hybridized carbons (Fsp3) is 0.526. The van der Waals surface area contributed by atoms with E-state index in [1.54, 1.807) is 14.0 Å². The second-order valence-corrected chi connectivity index (χ2v) is 6.30. The Hall–Kier alpha value is -2.25. The number of carbonyl (C=O) groups excluding carboxylic acids is 1. The second kappa shape index (κ2) is 10.0. The summed E-state index contributed by atoms with van der Waals surface area (Å²) in [6, 6.07) is 8.12. The van der Waals surface area contributed by atoms with Crippen LogP contribution in [0.15, 0.2) is 28.8 Å². The van der Waals surface area contributed by atoms with Crippen molar-refractivity contribution in [2.24, 2.45) is 0 Å². The summed E-state index contributed by atoms with van der Waals surface area (Å²) in [5, 5.41) is 4.05. The third-order valence-electron chi connectivity index (χ3n) is 3.93. The first kappa shape index (κ1) is 20.1. The summed E-state index contributed by atoms with van der Waals surface area (Å²) >= 11 is 0. The number of aromatic nitrogens is 2. The molecular formula is C19H27N3O4. The zero-order valence-electron chi connectivity index (χ0n) is 15.9. The Morgan fingerprint density at radius 1 is 1.27 bits per heavy atom. The van der Waals surface area contributed by atoms with E-state index in [1.807, 2.05) is 17.0 Å². The fourth-order valence-electron chi connectivity index (χ4n) is 2.47. The molecule has 0 aliphatic rings. The molecule has 0 saturated heterocycles. The minimum absolute atomic E-state index is 0.151. The Kier molecular flexibility index (Phi) is 7.74. The highest BCUT2D eigenvalue weighted by atomic mass is 16.5. The highest BCUT2D eigenvalue weighted by molar-refractivity contribution is 5.71. The number of rotatable bonds is 10. The van der Waals surface area contributed by atoms with Crippen molar-refractivity contribution < 1.29 is 18.8 Å². The molecule has 7 heteroatoms. The molecule has 0 atom stereocenters. The monoisotopic (exact) mass is 361 g/mol. The maximum atomic E-state index is 11.7. The van der Waals surface area contributed by atoms with Gasteiger partial charge in [0.25, 0.3) is 0 Å². The summed E-state index contributed by atoms with van der Waals surface area (Å²) in [6.07, 6.45) is 0. The first-order valence-electron chi connectivity index (χ1n) is 8.83. The van der Waals surface area contributed by atoms with Crippen LogP contribution in [-0.2, 0) is 20.8 Å². The minimum atomic E-state index is -0.285. The van der Waals surface area contributed by atoms with Gasteiger partial charge in [0, 0.05) is 19.2 Å². The Bertz CT molecular complexity index is 682. The molecule has 2 aromatic rings. The largest absolute Gasteiger partial charge is 0.465 e. The molecule has 0 fully saturated rings. The van der Waals surface area contributed by atoms with Gasteiger partial charge in [-0.2, -0.15) is 4.98 Å². The number of nitrogens with zero attached hydrogens (tertiary/aromatic N) is 3. The van der Waals surface area contributed by atoms with Gasteiger partial charge in [0.1, 0.15) is 0 Å². The third kappa shape index (κ3) is 5.93. The highest BCUT2D eigenvalue weighted by Crippen LogP contribution is 2.20. The zero-order chi connectivity index (χ0) is 18.9. The van der Waals surface area contributed by atoms with Gasteiger partial charge in [-0.25, -0.2) is 0 Å². The van der Waals surface area contributed by atoms with E-state index in [1.165, 1.54) is 5.56 Å². The Morgan fingerprint density at radius 3 is 2.62 bits per heavy atom. The van der Waals surface area contributed by atoms with Gasteiger partial charge in [-0.3, -0.25) is 9.69 Å². The van der Waals surface area contributed by atoms with Crippen LogP contribution < -0.4 is 0 Å². The number of esters is 1. The molecule has 0 N–H and O–H groups in total. The summed E-state index contributed by atoms with van der Waals surface area (Å²) in [7, 11) is 1.62. The third-order valence-corrected chi connectivity index (χ3v) is 3.93. The lowest BCUT2D eigenvalue weighted by Crippen LogP contribution is -2.33. The van der Waals surface area contributed by atoms with Crippen molar-refractivity contribution in [2.75, 3.05) is 33.4 Å². The molecule has 1 aromatic carbocycles. The predicted molar refractivity (Wildman–Crippen MR) is 97.6 cm³/mol. The lowest BCUT2D eigenvalue weighted by atomic mass is 10.0. The number of carbonyl (C=O) groups is 1. The van der Waals surface area contributed by atoms with Gasteiger partial charge < -0.3 is 14.0 Å². The van der Waals surface area contributed by atoms with E-state index in [9.17, 15) is 4.79 Å². The molecule has 7 nitrogen and oxygen atoms in total. The van der Waals surface area contributed by atoms with Crippen LogP contribution in [0.3, 0.4) is 0 Å². The van der Waals surface area contributed by atoms with Crippen molar-refractivity contribution in [3.8, 4) is 11.4 Å². The fourth-order valence-corrected chi connectivity index (χ4v) is 2.47. The molecule has 1 aromatic heterocycles. The number of benzene rings is 1. The Labute approximate surface area is 154 Å². The molecule has 2 rings (SSSR count). The first-order chi connectivity index (χ1) is 12.5. The lowest BCUT2D eigenvalue weighted by molar-refractivity contribution is -0.144. The topological polar surface area (TPSA) is 77.7 Å². The van der Waals surface area contributed by atoms with E-state index >= 15 is 0 Å². The number of hydrogen-bond donors (Lipinski definition) is 0. The summed E-state index contributed by atoms with van der Waals surface area (Å²) < 4.78 is 15.5. The van der Waals surface area contributed by atoms with Crippen LogP contribution in [0.2, 0.25) is 0 Å². The first-order valence-corrected chi connectivity index (χ1v) is 8.83. The molecule has 1 heterocycles. The summed E-state index contributed by atoms with van der Waals surface area (Å²) in [4.78, 5) is 18.1. The smallest absolute Gasteiger partial charge is 0.320 e. The summed E-state index contributed by atoms with van der Waals surface area (Å²) in [6.45, 7) is 8.02. The molecule has 0 saturated carbocycles. The van der Waals surface area contributed by atoms with Crippen LogP contribution in [0, 0.1) is 0 Å². The second-order valence-electron chi connectivity index (χ2n) is 6.30. The predicted octanol–water partition coefficient (Wildman–Crippen LogP) is 2.87. The Morgan fingerprint density at radius 2 is 2.00 bits per heavy atom. The molecule has 26 heavy (non-hydrogen) atoms. The molecule has 0 unspecified atom stereocenters. The normalized spacial score (nSPS) is 11.3. The van der Waals surface area contributed by atoms with Gasteiger partial charge in [0.15, 0.2) is 0 Å². The van der Waals surface area contributed by atoms with Crippen LogP contribution in [0.1, 0.15) is 38.1 Å². The van der Waals surface area contributed by atoms with Gasteiger partial charge in [-0.05, 0) is 18.4 Å². The average Bonchev–Trinajstić information content (AvgIpc) is 3.08. The zero-order valence-corrected chi connectivity index (χ0v) is 15.9. The summed E-state index contributed by atoms with van der Waals surface area (Å²) in [5.74, 6) is 1.18. The standard InChI is InChI=1S/C19H27N3O4/c1-5-25-18(23)13-22(10-11-24-4)12-17-20-19(21-26-17)16-8-6-15(7-9-16)14(2)3/h6-9,14H,5,10-13H2,1-4H3. The van der Waals surface area contributed by atoms with Crippen molar-refractivity contribution in [1.82, 2.24) is 15.0 Å². The van der Waals surface area contributed by atoms with Crippen molar-refractivity contribution in [2.45, 2.75) is 33.2 Å². The maximum Gasteiger partial charge on any atom is 0.320 e. The van der Waals surface area contributed by atoms with E-state index < -0.39 is 0 Å². The van der Waals surface area contributed by atoms with E-state index in [4.69, 9.17) is 14.0 Å². The number of methoxy groups -OCH3 is 1. The van der Waals surface area contributed by atoms with Gasteiger partial charge in [-0.1, -0.05) is 43.3 Å². The van der Waals surface area contributed by atoms with Crippen molar-refractivity contribution >= 4 is 5.97 Å². The molecule has 0 aliphatic carbocycles. The van der Waals surface area contributed by atoms with Crippen LogP contribution in [0.25, 0.3) is 11.4 Å². The van der Waals surface area contributed by atoms with E-state index in [0.29, 0.717) is 43.9 Å². The lowest BCUT2D eigenvalue weighted by Gasteiger charge is -2.18. The van der Waals surface area contributed by atoms with E-state index in [0.717, 1.165) is 5.56 Å². The van der Waals surface area contributed by atoms with Crippen LogP contribution >= 0.6 is 0 Å². The average molecular weight is 361 g/mol. The van der Waals surface area contributed by atoms with Crippen LogP contribution in [0.5, 0.6) is 0 Å². The number of ether oxygens (including phenoxy) is 2. The van der Waals surface area contributed by atoms with Gasteiger partial charge in [0.2, 0.25) is 11.7 Å². The van der Waals surface area contributed by atoms with Gasteiger partial charge in [-0.15, -0.1) is 0 Å². The van der Waals surface area contributed by atoms with Crippen LogP contribution in [0.4, 0.5) is 0 Å². The van der Waals surface area contributed by atoms with E-state index in [2.05, 4.69) is 36.1 Å². The highest BCUT2D eigenvalue weighted by Gasteiger charge is 2.16. The molecule has 0 amide bonds. The molecule has 142 valence electrons. The van der Waals surface area contributed by atoms with Crippen molar-refractivity contribution in [3.05, 3.63) is 35.7 Å². The van der Waals surface area contributed by atoms with Crippen LogP contribution in [-0.4, -0.2) is 54.4 Å². The minimum Gasteiger partial charge on any atom is -0.465 e. The number of hydrogen-bond acceptors (Lipinski definition) is 7. The quantitative estimate of drug-likeness (QED) is 0.602. The van der Waals surface area contributed by atoms with E-state index in [-0.39, 0.29) is 12.5 Å². The van der Waals surface area contributed by atoms with Gasteiger partial charge >= 0.3 is 5.97 Å². The summed E-state index contributed by atoms with van der Waals surface area (Å²) in [5.41, 5.74) is 2.16. The molecule has 0 bridgehead atoms. The SMILES string of the molecule is CCOC(=O)CN(CCOC)Cc1nc(-c2ccc(C(C)C)cc2)no1. The molecular weight excluding hydrogens is 334 g/mol.